The maximum Gasteiger partial charge on any atom is 0.260 e. The predicted molar refractivity (Wildman–Crippen MR) is 39.4 cm³/mol. The van der Waals surface area contributed by atoms with Crippen LogP contribution in [-0.4, -0.2) is 11.3 Å². The fraction of sp³-hybridized carbons (Fsp3) is 0.250. The van der Waals surface area contributed by atoms with Crippen LogP contribution in [0.3, 0.4) is 0 Å². The Morgan fingerprint density at radius 1 is 1.67 bits per heavy atom. The minimum absolute atomic E-state index is 0.0618. The lowest BCUT2D eigenvalue weighted by atomic mass is 10.2. The van der Waals surface area contributed by atoms with Crippen LogP contribution in [-0.2, 0) is 0 Å². The van der Waals surface area contributed by atoms with E-state index in [1.54, 1.807) is 6.08 Å². The van der Waals surface area contributed by atoms with E-state index >= 15 is 0 Å². The van der Waals surface area contributed by atoms with Gasteiger partial charge in [-0.15, -0.1) is 0 Å². The lowest BCUT2D eigenvalue weighted by Crippen LogP contribution is -2.26. The fourth-order valence-corrected chi connectivity index (χ4v) is 1.18. The maximum atomic E-state index is 13.0. The molecule has 0 amide bonds. The molecule has 0 unspecified atom stereocenters. The number of carbonyl (C=O) groups excluding carboxylic acids is 1. The molecular formula is C8H6FNO2. The van der Waals surface area contributed by atoms with E-state index < -0.39 is 0 Å². The number of carbonyl (C=O) groups is 1. The summed E-state index contributed by atoms with van der Waals surface area (Å²) in [6.07, 6.45) is 3.15. The highest BCUT2D eigenvalue weighted by atomic mass is 19.1. The Labute approximate surface area is 67.2 Å². The average Bonchev–Trinajstić information content (AvgIpc) is 2.49. The normalized spacial score (nSPS) is 15.2. The van der Waals surface area contributed by atoms with Crippen LogP contribution >= 0.6 is 0 Å². The molecule has 1 aromatic heterocycles. The highest BCUT2D eigenvalue weighted by Crippen LogP contribution is 2.07. The van der Waals surface area contributed by atoms with E-state index in [9.17, 15) is 9.18 Å². The van der Waals surface area contributed by atoms with Gasteiger partial charge in [-0.25, -0.2) is 9.37 Å². The lowest BCUT2D eigenvalue weighted by molar-refractivity contribution is 0.109. The first-order chi connectivity index (χ1) is 5.81. The van der Waals surface area contributed by atoms with Gasteiger partial charge in [0.05, 0.1) is 0 Å². The lowest BCUT2D eigenvalue weighted by Gasteiger charge is -1.94. The van der Waals surface area contributed by atoms with E-state index in [0.717, 1.165) is 0 Å². The van der Waals surface area contributed by atoms with Crippen molar-refractivity contribution < 1.29 is 13.6 Å². The Morgan fingerprint density at radius 3 is 3.17 bits per heavy atom. The van der Waals surface area contributed by atoms with Gasteiger partial charge in [-0.3, -0.25) is 4.79 Å². The van der Waals surface area contributed by atoms with Crippen molar-refractivity contribution in [2.75, 3.05) is 0 Å². The van der Waals surface area contributed by atoms with Crippen LogP contribution in [0.1, 0.15) is 23.5 Å². The van der Waals surface area contributed by atoms with Crippen molar-refractivity contribution >= 4 is 18.2 Å². The van der Waals surface area contributed by atoms with E-state index in [2.05, 4.69) is 4.98 Å². The molecule has 0 fully saturated rings. The van der Waals surface area contributed by atoms with Crippen LogP contribution in [0, 0.1) is 0 Å². The van der Waals surface area contributed by atoms with Gasteiger partial charge in [0.2, 0.25) is 6.29 Å². The molecule has 0 N–H and O–H groups in total. The predicted octanol–water partition coefficient (Wildman–Crippen LogP) is 0.139. The van der Waals surface area contributed by atoms with E-state index in [-0.39, 0.29) is 17.1 Å². The number of nitrogens with zero attached hydrogens (tertiary/aromatic N) is 1. The number of hydrogen-bond donors (Lipinski definition) is 0. The molecule has 0 atom stereocenters. The van der Waals surface area contributed by atoms with Crippen LogP contribution in [0.2, 0.25) is 0 Å². The summed E-state index contributed by atoms with van der Waals surface area (Å²) in [6.45, 7) is 0. The van der Waals surface area contributed by atoms with Gasteiger partial charge in [0.15, 0.2) is 5.42 Å². The molecule has 12 heavy (non-hydrogen) atoms. The highest BCUT2D eigenvalue weighted by Gasteiger charge is 2.09. The van der Waals surface area contributed by atoms with Gasteiger partial charge < -0.3 is 4.42 Å². The zero-order chi connectivity index (χ0) is 8.55. The summed E-state index contributed by atoms with van der Waals surface area (Å²) in [4.78, 5) is 13.9. The van der Waals surface area contributed by atoms with Gasteiger partial charge in [-0.2, -0.15) is 0 Å². The molecule has 1 aromatic rings. The molecule has 4 heteroatoms. The Bertz CT molecular complexity index is 432. The van der Waals surface area contributed by atoms with Crippen molar-refractivity contribution in [3.05, 3.63) is 16.7 Å². The number of aromatic nitrogens is 1. The number of oxazole rings is 1. The smallest absolute Gasteiger partial charge is 0.260 e. The molecule has 0 aromatic carbocycles. The van der Waals surface area contributed by atoms with Crippen LogP contribution in [0.5, 0.6) is 0 Å². The summed E-state index contributed by atoms with van der Waals surface area (Å²) in [5, 5.41) is 0.184. The second-order valence-corrected chi connectivity index (χ2v) is 2.53. The van der Waals surface area contributed by atoms with Gasteiger partial charge >= 0.3 is 0 Å². The van der Waals surface area contributed by atoms with Crippen LogP contribution in [0.25, 0.3) is 11.9 Å². The first-order valence-electron chi connectivity index (χ1n) is 3.62. The summed E-state index contributed by atoms with van der Waals surface area (Å²) >= 11 is 0. The fourth-order valence-electron chi connectivity index (χ4n) is 1.18. The molecule has 1 aliphatic rings. The first kappa shape index (κ1) is 7.21. The number of halogens is 1. The first-order valence-corrected chi connectivity index (χ1v) is 3.62. The van der Waals surface area contributed by atoms with E-state index in [4.69, 9.17) is 4.42 Å². The van der Waals surface area contributed by atoms with Crippen molar-refractivity contribution in [1.29, 1.82) is 0 Å². The van der Waals surface area contributed by atoms with Gasteiger partial charge in [-0.05, 0) is 12.5 Å². The minimum atomic E-state index is -0.302. The molecule has 0 saturated heterocycles. The molecular weight excluding hydrogens is 161 g/mol. The molecule has 1 aliphatic carbocycles. The summed E-state index contributed by atoms with van der Waals surface area (Å²) in [7, 11) is 0. The standard InChI is InChI=1S/C8H6FNO2/c9-5-2-1-3-6-8(5)10-7(4-11)12-6/h3-4H,1-2H2. The van der Waals surface area contributed by atoms with E-state index in [1.807, 2.05) is 0 Å². The largest absolute Gasteiger partial charge is 0.434 e. The molecule has 1 heterocycles. The van der Waals surface area contributed by atoms with Gasteiger partial charge in [0, 0.05) is 6.42 Å². The van der Waals surface area contributed by atoms with Crippen molar-refractivity contribution in [3.8, 4) is 0 Å². The zero-order valence-electron chi connectivity index (χ0n) is 6.21. The SMILES string of the molecule is O=Cc1nc2c(o1)=CCCC=2F. The van der Waals surface area contributed by atoms with Crippen molar-refractivity contribution in [3.63, 3.8) is 0 Å². The quantitative estimate of drug-likeness (QED) is 0.559. The highest BCUT2D eigenvalue weighted by molar-refractivity contribution is 5.67. The van der Waals surface area contributed by atoms with Gasteiger partial charge in [0.25, 0.3) is 5.89 Å². The average molecular weight is 167 g/mol. The van der Waals surface area contributed by atoms with E-state index in [1.165, 1.54) is 0 Å². The summed E-state index contributed by atoms with van der Waals surface area (Å²) < 4.78 is 17.9. The Kier molecular flexibility index (Phi) is 1.53. The third-order valence-corrected chi connectivity index (χ3v) is 1.72. The minimum Gasteiger partial charge on any atom is -0.434 e. The summed E-state index contributed by atoms with van der Waals surface area (Å²) in [5.41, 5.74) is 0.376. The van der Waals surface area contributed by atoms with Crippen molar-refractivity contribution in [1.82, 2.24) is 4.98 Å². The Balaban J connectivity index is 2.81. The monoisotopic (exact) mass is 167 g/mol. The topological polar surface area (TPSA) is 43.1 Å². The molecule has 0 spiro atoms. The van der Waals surface area contributed by atoms with Crippen LogP contribution in [0.4, 0.5) is 4.39 Å². The van der Waals surface area contributed by atoms with Crippen LogP contribution < -0.4 is 10.8 Å². The Morgan fingerprint density at radius 2 is 2.50 bits per heavy atom. The number of rotatable bonds is 1. The molecule has 0 aliphatic heterocycles. The van der Waals surface area contributed by atoms with Crippen molar-refractivity contribution in [2.24, 2.45) is 0 Å². The molecule has 3 nitrogen and oxygen atoms in total. The molecule has 2 rings (SSSR count). The number of hydrogen-bond acceptors (Lipinski definition) is 3. The second kappa shape index (κ2) is 2.55. The summed E-state index contributed by atoms with van der Waals surface area (Å²) in [5.74, 6) is -0.363. The van der Waals surface area contributed by atoms with Gasteiger partial charge in [-0.1, -0.05) is 0 Å². The number of aldehydes is 1. The number of fused-ring (bicyclic) bond motifs is 1. The molecule has 0 saturated carbocycles. The van der Waals surface area contributed by atoms with Gasteiger partial charge in [0.1, 0.15) is 11.2 Å². The summed E-state index contributed by atoms with van der Waals surface area (Å²) in [6, 6.07) is 0. The van der Waals surface area contributed by atoms with Crippen LogP contribution in [0.15, 0.2) is 4.42 Å². The second-order valence-electron chi connectivity index (χ2n) is 2.53. The zero-order valence-corrected chi connectivity index (χ0v) is 6.21. The maximum absolute atomic E-state index is 13.0. The third kappa shape index (κ3) is 0.958. The Hall–Kier alpha value is -1.45. The molecule has 0 radical (unpaired) electrons. The molecule has 62 valence electrons. The molecule has 0 bridgehead atoms. The third-order valence-electron chi connectivity index (χ3n) is 1.72. The van der Waals surface area contributed by atoms with E-state index in [0.29, 0.717) is 24.5 Å². The van der Waals surface area contributed by atoms with Crippen molar-refractivity contribution in [2.45, 2.75) is 12.8 Å².